The van der Waals surface area contributed by atoms with Crippen LogP contribution >= 0.6 is 0 Å². The molecular weight excluding hydrogens is 967 g/mol. The Morgan fingerprint density at radius 2 is 0.775 bits per heavy atom. The third-order valence-corrected chi connectivity index (χ3v) is 12.3. The first-order chi connectivity index (χ1) is 33.7. The van der Waals surface area contributed by atoms with Crippen molar-refractivity contribution in [1.82, 2.24) is 0 Å². The van der Waals surface area contributed by atoms with E-state index in [1.165, 1.54) is 0 Å². The molecule has 0 aromatic heterocycles. The lowest BCUT2D eigenvalue weighted by Crippen LogP contribution is -2.25. The van der Waals surface area contributed by atoms with Crippen molar-refractivity contribution in [3.63, 3.8) is 0 Å². The molecule has 18 heteroatoms. The molecule has 2 saturated heterocycles. The zero-order valence-corrected chi connectivity index (χ0v) is 37.8. The molecule has 2 aliphatic heterocycles. The molecule has 2 fully saturated rings. The van der Waals surface area contributed by atoms with E-state index in [9.17, 15) is 61.5 Å². The van der Waals surface area contributed by atoms with Crippen molar-refractivity contribution >= 4 is 0 Å². The molecule has 8 rings (SSSR count). The number of ether oxygens (including phenoxy) is 4. The molecular formula is C53H44F14O4. The van der Waals surface area contributed by atoms with Crippen LogP contribution in [0.4, 0.5) is 61.5 Å². The standard InChI is InChI=1S/C27H23F7O2.C26H21F7O2/c1-2-3-15-4-9-24(35-14-15)17-7-5-16(6-8-17)18-10-20(28)25(21(29)11-18)27(33,34)36-19-12-22(30)26(32)23(31)13-19;1-2-14-3-8-23(34-13-14)16-6-4-15(5-7-16)17-9-19(27)24(20(28)10-17)26(32,33)35-18-11-21(29)25(31)22(30)12-18/h5-8,10-13,15,24H,2-4,9,14H2,1H3;4-7,9-12,14,23H,2-3,8,13H2,1H3. The first-order valence-corrected chi connectivity index (χ1v) is 22.5. The first-order valence-electron chi connectivity index (χ1n) is 22.5. The topological polar surface area (TPSA) is 36.9 Å². The molecule has 6 aromatic carbocycles. The van der Waals surface area contributed by atoms with Crippen LogP contribution in [0.2, 0.25) is 0 Å². The van der Waals surface area contributed by atoms with Crippen LogP contribution < -0.4 is 9.47 Å². The SMILES string of the molecule is CCC1CCC(c2ccc(-c3cc(F)c(C(F)(F)Oc4cc(F)c(F)c(F)c4)c(F)c3)cc2)OC1.CCCC1CCC(c2ccc(-c3cc(F)c(C(F)(F)Oc4cc(F)c(F)c(F)c4)c(F)c3)cc2)OC1. The van der Waals surface area contributed by atoms with Gasteiger partial charge in [0.25, 0.3) is 0 Å². The molecule has 0 aliphatic carbocycles. The average Bonchev–Trinajstić information content (AvgIpc) is 3.32. The number of halogens is 14. The van der Waals surface area contributed by atoms with E-state index in [0.29, 0.717) is 60.4 Å². The summed E-state index contributed by atoms with van der Waals surface area (Å²) in [5.41, 5.74) is -0.913. The van der Waals surface area contributed by atoms with E-state index in [0.717, 1.165) is 56.1 Å². The van der Waals surface area contributed by atoms with E-state index in [4.69, 9.17) is 9.47 Å². The van der Waals surface area contributed by atoms with Crippen LogP contribution in [0.3, 0.4) is 0 Å². The fourth-order valence-electron chi connectivity index (χ4n) is 8.49. The lowest BCUT2D eigenvalue weighted by atomic mass is 9.91. The van der Waals surface area contributed by atoms with Crippen molar-refractivity contribution in [3.05, 3.63) is 177 Å². The second-order valence-electron chi connectivity index (χ2n) is 17.2. The number of alkyl halides is 4. The van der Waals surface area contributed by atoms with Gasteiger partial charge in [-0.05, 0) is 102 Å². The fourth-order valence-corrected chi connectivity index (χ4v) is 8.49. The van der Waals surface area contributed by atoms with Crippen LogP contribution in [-0.4, -0.2) is 13.2 Å². The maximum absolute atomic E-state index is 14.7. The van der Waals surface area contributed by atoms with Crippen LogP contribution in [0.1, 0.15) is 93.3 Å². The van der Waals surface area contributed by atoms with Crippen molar-refractivity contribution < 1.29 is 80.4 Å². The second-order valence-corrected chi connectivity index (χ2v) is 17.2. The van der Waals surface area contributed by atoms with E-state index >= 15 is 0 Å². The maximum atomic E-state index is 14.7. The summed E-state index contributed by atoms with van der Waals surface area (Å²) < 4.78 is 216. The Morgan fingerprint density at radius 1 is 0.437 bits per heavy atom. The summed E-state index contributed by atoms with van der Waals surface area (Å²) in [5.74, 6) is -18.7. The lowest BCUT2D eigenvalue weighted by Gasteiger charge is -2.29. The Balaban J connectivity index is 0.000000209. The summed E-state index contributed by atoms with van der Waals surface area (Å²) in [6.45, 7) is 5.57. The molecule has 0 radical (unpaired) electrons. The van der Waals surface area contributed by atoms with Gasteiger partial charge in [0.2, 0.25) is 0 Å². The first kappa shape index (κ1) is 52.7. The van der Waals surface area contributed by atoms with Crippen LogP contribution in [-0.2, 0) is 21.7 Å². The molecule has 0 bridgehead atoms. The highest BCUT2D eigenvalue weighted by Crippen LogP contribution is 2.41. The Morgan fingerprint density at radius 3 is 1.07 bits per heavy atom. The number of rotatable bonds is 13. The van der Waals surface area contributed by atoms with E-state index < -0.39 is 93.0 Å². The quantitative estimate of drug-likeness (QED) is 0.0853. The van der Waals surface area contributed by atoms with Gasteiger partial charge in [0.15, 0.2) is 34.9 Å². The van der Waals surface area contributed by atoms with Crippen molar-refractivity contribution in [3.8, 4) is 33.8 Å². The minimum absolute atomic E-state index is 0.000538. The van der Waals surface area contributed by atoms with Gasteiger partial charge < -0.3 is 18.9 Å². The average molecular weight is 1010 g/mol. The smallest absolute Gasteiger partial charge is 0.429 e. The van der Waals surface area contributed by atoms with E-state index in [1.54, 1.807) is 48.5 Å². The van der Waals surface area contributed by atoms with Crippen LogP contribution in [0.25, 0.3) is 22.3 Å². The minimum Gasteiger partial charge on any atom is -0.429 e. The highest BCUT2D eigenvalue weighted by Gasteiger charge is 2.43. The molecule has 6 aromatic rings. The Kier molecular flexibility index (Phi) is 16.4. The van der Waals surface area contributed by atoms with Crippen molar-refractivity contribution in [2.24, 2.45) is 11.8 Å². The normalized spacial score (nSPS) is 18.4. The highest BCUT2D eigenvalue weighted by atomic mass is 19.3. The maximum Gasteiger partial charge on any atom is 0.432 e. The fraction of sp³-hybridized carbons (Fsp3) is 0.321. The molecule has 71 heavy (non-hydrogen) atoms. The summed E-state index contributed by atoms with van der Waals surface area (Å²) in [6.07, 6.45) is -2.39. The zero-order chi connectivity index (χ0) is 51.4. The van der Waals surface area contributed by atoms with Gasteiger partial charge in [-0.25, -0.2) is 43.9 Å². The van der Waals surface area contributed by atoms with Crippen molar-refractivity contribution in [2.75, 3.05) is 13.2 Å². The minimum atomic E-state index is -4.64. The van der Waals surface area contributed by atoms with Crippen molar-refractivity contribution in [2.45, 2.75) is 83.2 Å². The van der Waals surface area contributed by atoms with Gasteiger partial charge in [-0.15, -0.1) is 0 Å². The molecule has 4 atom stereocenters. The third-order valence-electron chi connectivity index (χ3n) is 12.3. The molecule has 378 valence electrons. The van der Waals surface area contributed by atoms with Crippen LogP contribution in [0.5, 0.6) is 11.5 Å². The predicted octanol–water partition coefficient (Wildman–Crippen LogP) is 16.5. The number of hydrogen-bond donors (Lipinski definition) is 0. The third kappa shape index (κ3) is 12.3. The molecule has 2 heterocycles. The Labute approximate surface area is 399 Å². The largest absolute Gasteiger partial charge is 0.432 e. The summed E-state index contributed by atoms with van der Waals surface area (Å²) in [4.78, 5) is 0. The number of benzene rings is 6. The van der Waals surface area contributed by atoms with Gasteiger partial charge in [-0.3, -0.25) is 0 Å². The second kappa shape index (κ2) is 22.1. The summed E-state index contributed by atoms with van der Waals surface area (Å²) in [5, 5.41) is 0. The molecule has 4 nitrogen and oxygen atoms in total. The van der Waals surface area contributed by atoms with E-state index in [-0.39, 0.29) is 47.6 Å². The Bertz CT molecular complexity index is 2710. The molecule has 4 unspecified atom stereocenters. The number of hydrogen-bond acceptors (Lipinski definition) is 4. The molecule has 0 N–H and O–H groups in total. The molecule has 0 amide bonds. The van der Waals surface area contributed by atoms with E-state index in [1.807, 2.05) is 0 Å². The van der Waals surface area contributed by atoms with Gasteiger partial charge in [0, 0.05) is 24.3 Å². The Hall–Kier alpha value is -6.14. The molecule has 0 saturated carbocycles. The van der Waals surface area contributed by atoms with Gasteiger partial charge in [0.05, 0.1) is 25.4 Å². The summed E-state index contributed by atoms with van der Waals surface area (Å²) >= 11 is 0. The van der Waals surface area contributed by atoms with Crippen molar-refractivity contribution in [1.29, 1.82) is 0 Å². The lowest BCUT2D eigenvalue weighted by molar-refractivity contribution is -0.190. The summed E-state index contributed by atoms with van der Waals surface area (Å²) in [6, 6.07) is 16.9. The van der Waals surface area contributed by atoms with Gasteiger partial charge in [0.1, 0.15) is 45.9 Å². The predicted molar refractivity (Wildman–Crippen MR) is 233 cm³/mol. The molecule has 0 spiro atoms. The van der Waals surface area contributed by atoms with Gasteiger partial charge in [-0.1, -0.05) is 75.2 Å². The monoisotopic (exact) mass is 1010 g/mol. The highest BCUT2D eigenvalue weighted by molar-refractivity contribution is 5.66. The molecule has 2 aliphatic rings. The van der Waals surface area contributed by atoms with Crippen LogP contribution in [0, 0.1) is 70.0 Å². The zero-order valence-electron chi connectivity index (χ0n) is 37.8. The van der Waals surface area contributed by atoms with Gasteiger partial charge >= 0.3 is 12.2 Å². The van der Waals surface area contributed by atoms with Gasteiger partial charge in [-0.2, -0.15) is 17.6 Å². The summed E-state index contributed by atoms with van der Waals surface area (Å²) in [7, 11) is 0. The van der Waals surface area contributed by atoms with Crippen LogP contribution in [0.15, 0.2) is 97.1 Å². The van der Waals surface area contributed by atoms with E-state index in [2.05, 4.69) is 23.3 Å².